The third kappa shape index (κ3) is 17.2. The first-order chi connectivity index (χ1) is 11.1. The van der Waals surface area contributed by atoms with Gasteiger partial charge >= 0.3 is 39.0 Å². The van der Waals surface area contributed by atoms with Crippen molar-refractivity contribution in [2.24, 2.45) is 7.05 Å². The Bertz CT molecular complexity index is 550. The molecule has 0 saturated heterocycles. The van der Waals surface area contributed by atoms with Crippen LogP contribution in [0.1, 0.15) is 11.5 Å². The molecule has 0 fully saturated rings. The summed E-state index contributed by atoms with van der Waals surface area (Å²) in [5, 5.41) is 0. The van der Waals surface area contributed by atoms with Crippen LogP contribution in [0, 0.1) is 6.92 Å². The number of aromatic nitrogens is 2. The van der Waals surface area contributed by atoms with E-state index in [1.165, 1.54) is 0 Å². The molecule has 0 atom stereocenters. The van der Waals surface area contributed by atoms with E-state index < -0.39 is 7.81 Å². The molecule has 25 heavy (non-hydrogen) atoms. The fourth-order valence-electron chi connectivity index (χ4n) is 1.42. The topological polar surface area (TPSA) is 64.4 Å². The number of ether oxygens (including phenoxy) is 3. The van der Waals surface area contributed by atoms with E-state index in [4.69, 9.17) is 14.2 Å². The zero-order valence-electron chi connectivity index (χ0n) is 13.9. The Labute approximate surface area is 140 Å². The summed E-state index contributed by atoms with van der Waals surface area (Å²) in [5.41, 5.74) is 0.901. The number of carbonyl (C=O) groups is 1. The number of aryl methyl sites for hydroxylation is 1. The Morgan fingerprint density at radius 1 is 1.12 bits per heavy atom. The van der Waals surface area contributed by atoms with Gasteiger partial charge in [-0.25, -0.2) is 9.55 Å². The number of hydrogen-bond acceptors (Lipinski definition) is 4. The van der Waals surface area contributed by atoms with Crippen molar-refractivity contribution in [1.82, 2.24) is 4.98 Å². The molecule has 1 heterocycles. The number of methoxy groups -OCH3 is 1. The molecule has 150 valence electrons. The Kier molecular flexibility index (Phi) is 7.86. The van der Waals surface area contributed by atoms with Crippen LogP contribution in [0.3, 0.4) is 0 Å². The van der Waals surface area contributed by atoms with E-state index in [2.05, 4.69) is 4.98 Å². The molecular weight excluding hydrogens is 381 g/mol. The van der Waals surface area contributed by atoms with Crippen molar-refractivity contribution in [1.29, 1.82) is 0 Å². The van der Waals surface area contributed by atoms with Crippen LogP contribution >= 0.6 is 7.81 Å². The van der Waals surface area contributed by atoms with E-state index >= 15 is 0 Å². The maximum atomic E-state index is 11.5. The van der Waals surface area contributed by atoms with Gasteiger partial charge in [0.1, 0.15) is 19.2 Å². The second-order valence-electron chi connectivity index (χ2n) is 4.89. The molecule has 0 unspecified atom stereocenters. The molecule has 1 aromatic rings. The zero-order chi connectivity index (χ0) is 19.8. The van der Waals surface area contributed by atoms with Crippen LogP contribution < -0.4 is 4.57 Å². The number of H-pyrrole nitrogens is 1. The van der Waals surface area contributed by atoms with Crippen molar-refractivity contribution in [2.75, 3.05) is 33.5 Å². The van der Waals surface area contributed by atoms with Gasteiger partial charge < -0.3 is 14.2 Å². The van der Waals surface area contributed by atoms with Crippen LogP contribution in [-0.4, -0.2) is 44.5 Å². The van der Waals surface area contributed by atoms with E-state index in [-0.39, 0.29) is 19.0 Å². The first-order valence-electron chi connectivity index (χ1n) is 6.91. The summed E-state index contributed by atoms with van der Waals surface area (Å²) in [6.45, 7) is 3.67. The fourth-order valence-corrected chi connectivity index (χ4v) is 1.42. The predicted molar refractivity (Wildman–Crippen MR) is 77.6 cm³/mol. The van der Waals surface area contributed by atoms with Gasteiger partial charge in [0.05, 0.1) is 26.9 Å². The molecule has 0 aliphatic rings. The van der Waals surface area contributed by atoms with Gasteiger partial charge in [0.15, 0.2) is 5.69 Å². The molecular formula is C12H21F6N2O4P. The number of imidazole rings is 1. The second-order valence-corrected chi connectivity index (χ2v) is 6.80. The molecule has 0 aliphatic carbocycles. The SMILES string of the molecule is COCCOCCOC(=O)Cc1c[nH]c(C)[n+]1C.F[P-](F)(F)(F)(F)F. The summed E-state index contributed by atoms with van der Waals surface area (Å²) in [6, 6.07) is 0. The zero-order valence-corrected chi connectivity index (χ0v) is 14.8. The Balaban J connectivity index is 0.000000697. The molecule has 1 rings (SSSR count). The Hall–Kier alpha value is -1.39. The number of carbonyl (C=O) groups excluding carboxylic acids is 1. The third-order valence-corrected chi connectivity index (χ3v) is 2.63. The van der Waals surface area contributed by atoms with Gasteiger partial charge in [0, 0.05) is 14.0 Å². The molecule has 1 N–H and O–H groups in total. The van der Waals surface area contributed by atoms with Gasteiger partial charge in [0.2, 0.25) is 0 Å². The summed E-state index contributed by atoms with van der Waals surface area (Å²) in [6.07, 6.45) is 2.07. The van der Waals surface area contributed by atoms with E-state index in [1.54, 1.807) is 7.11 Å². The number of halogens is 6. The van der Waals surface area contributed by atoms with Gasteiger partial charge in [-0.2, -0.15) is 0 Å². The first kappa shape index (κ1) is 23.6. The summed E-state index contributed by atoms with van der Waals surface area (Å²) in [4.78, 5) is 14.6. The number of aromatic amines is 1. The third-order valence-electron chi connectivity index (χ3n) is 2.63. The van der Waals surface area contributed by atoms with Crippen molar-refractivity contribution in [3.05, 3.63) is 17.7 Å². The minimum atomic E-state index is -10.7. The normalized spacial score (nSPS) is 14.1. The van der Waals surface area contributed by atoms with Gasteiger partial charge in [0.25, 0.3) is 5.82 Å². The number of hydrogen-bond donors (Lipinski definition) is 1. The van der Waals surface area contributed by atoms with E-state index in [0.29, 0.717) is 19.8 Å². The standard InChI is InChI=1S/C12H20N2O4.F6P/c1-10-13-9-11(14(10)2)8-12(15)18-7-6-17-5-4-16-3;1-7(2,3,4,5)6/h9H,4-8H2,1-3H3;/q;-1/p+1. The van der Waals surface area contributed by atoms with Gasteiger partial charge in [-0.1, -0.05) is 0 Å². The van der Waals surface area contributed by atoms with Crippen LogP contribution in [0.25, 0.3) is 0 Å². The van der Waals surface area contributed by atoms with Crippen molar-refractivity contribution < 1.29 is 48.8 Å². The molecule has 0 aliphatic heterocycles. The Morgan fingerprint density at radius 2 is 1.64 bits per heavy atom. The molecule has 0 radical (unpaired) electrons. The molecule has 6 nitrogen and oxygen atoms in total. The average molecular weight is 402 g/mol. The minimum absolute atomic E-state index is 0.250. The van der Waals surface area contributed by atoms with Crippen molar-refractivity contribution >= 4 is 13.8 Å². The number of esters is 1. The van der Waals surface area contributed by atoms with Crippen molar-refractivity contribution in [3.8, 4) is 0 Å². The first-order valence-corrected chi connectivity index (χ1v) is 8.94. The molecule has 0 saturated carbocycles. The molecule has 13 heteroatoms. The van der Waals surface area contributed by atoms with Gasteiger partial charge in [-0.15, -0.1) is 0 Å². The molecule has 0 aromatic carbocycles. The molecule has 1 aromatic heterocycles. The van der Waals surface area contributed by atoms with Gasteiger partial charge in [-0.3, -0.25) is 4.79 Å². The van der Waals surface area contributed by atoms with E-state index in [9.17, 15) is 30.0 Å². The molecule has 0 spiro atoms. The molecule has 0 bridgehead atoms. The summed E-state index contributed by atoms with van der Waals surface area (Å²) in [7, 11) is -7.14. The van der Waals surface area contributed by atoms with Crippen LogP contribution in [0.15, 0.2) is 6.20 Å². The summed E-state index contributed by atoms with van der Waals surface area (Å²) < 4.78 is 76.2. The molecule has 0 amide bonds. The summed E-state index contributed by atoms with van der Waals surface area (Å²) in [5.74, 6) is 0.751. The van der Waals surface area contributed by atoms with Crippen molar-refractivity contribution in [2.45, 2.75) is 13.3 Å². The second kappa shape index (κ2) is 8.33. The van der Waals surface area contributed by atoms with Crippen LogP contribution in [0.4, 0.5) is 25.2 Å². The van der Waals surface area contributed by atoms with E-state index in [1.807, 2.05) is 24.7 Å². The van der Waals surface area contributed by atoms with Gasteiger partial charge in [-0.05, 0) is 0 Å². The number of rotatable bonds is 8. The fraction of sp³-hybridized carbons (Fsp3) is 0.667. The van der Waals surface area contributed by atoms with Crippen LogP contribution in [0.2, 0.25) is 0 Å². The quantitative estimate of drug-likeness (QED) is 0.238. The van der Waals surface area contributed by atoms with E-state index in [0.717, 1.165) is 11.5 Å². The van der Waals surface area contributed by atoms with Crippen LogP contribution in [-0.2, 0) is 32.5 Å². The van der Waals surface area contributed by atoms with Crippen molar-refractivity contribution in [3.63, 3.8) is 0 Å². The predicted octanol–water partition coefficient (Wildman–Crippen LogP) is 3.28. The van der Waals surface area contributed by atoms with Crippen LogP contribution in [0.5, 0.6) is 0 Å². The maximum absolute atomic E-state index is 11.5. The number of nitrogens with zero attached hydrogens (tertiary/aromatic N) is 1. The average Bonchev–Trinajstić information content (AvgIpc) is 2.71. The monoisotopic (exact) mass is 402 g/mol. The summed E-state index contributed by atoms with van der Waals surface area (Å²) >= 11 is 0. The number of nitrogens with one attached hydrogen (secondary N) is 1. The Morgan fingerprint density at radius 3 is 2.08 bits per heavy atom.